The Labute approximate surface area is 163 Å². The topological polar surface area (TPSA) is 41.1 Å². The molecule has 0 aromatic carbocycles. The molecule has 2 fully saturated rings. The number of aromatic nitrogens is 2. The monoisotopic (exact) mass is 476 g/mol. The van der Waals surface area contributed by atoms with Crippen molar-refractivity contribution in [3.8, 4) is 0 Å². The first-order valence-corrected chi connectivity index (χ1v) is 9.60. The summed E-state index contributed by atoms with van der Waals surface area (Å²) in [7, 11) is 0. The first-order chi connectivity index (χ1) is 12.0. The second-order valence-corrected chi connectivity index (χ2v) is 7.46. The van der Waals surface area contributed by atoms with Crippen LogP contribution in [-0.4, -0.2) is 36.1 Å². The zero-order chi connectivity index (χ0) is 18.2. The van der Waals surface area contributed by atoms with Crippen LogP contribution < -0.4 is 10.2 Å². The van der Waals surface area contributed by atoms with Crippen LogP contribution in [0.4, 0.5) is 14.6 Å². The molecule has 0 atom stereocenters. The van der Waals surface area contributed by atoms with Gasteiger partial charge < -0.3 is 10.2 Å². The van der Waals surface area contributed by atoms with Gasteiger partial charge in [0.2, 0.25) is 0 Å². The van der Waals surface area contributed by atoms with Crippen molar-refractivity contribution < 1.29 is 8.78 Å². The van der Waals surface area contributed by atoms with Crippen LogP contribution >= 0.6 is 31.9 Å². The maximum atomic E-state index is 13.2. The minimum Gasteiger partial charge on any atom is -0.354 e. The van der Waals surface area contributed by atoms with Crippen LogP contribution in [0.1, 0.15) is 18.5 Å². The third-order valence-corrected chi connectivity index (χ3v) is 4.51. The van der Waals surface area contributed by atoms with Gasteiger partial charge in [0.05, 0.1) is 5.69 Å². The molecule has 0 amide bonds. The molecule has 4 nitrogen and oxygen atoms in total. The van der Waals surface area contributed by atoms with Gasteiger partial charge in [-0.15, -0.1) is 0 Å². The largest absolute Gasteiger partial charge is 0.354 e. The predicted octanol–water partition coefficient (Wildman–Crippen LogP) is 4.46. The quantitative estimate of drug-likeness (QED) is 0.658. The molecular weight excluding hydrogens is 458 g/mol. The van der Waals surface area contributed by atoms with E-state index in [1.807, 2.05) is 4.90 Å². The molecule has 136 valence electrons. The van der Waals surface area contributed by atoms with Gasteiger partial charge in [0, 0.05) is 34.4 Å². The van der Waals surface area contributed by atoms with Crippen molar-refractivity contribution in [1.29, 1.82) is 0 Å². The standard InChI is InChI=1S/C8H8BrFN2.C6H5BrFN.C3H7N/c9-6-4-7(10)8(11-5-6)12-2-1-3-12;1-4-6(8)2-5(7)3-9-4;1-2-4-3-1/h4-5H,1-3H2;2-3H,1H3;4H,1-3H2. The molecule has 2 aliphatic heterocycles. The normalized spacial score (nSPS) is 15.0. The van der Waals surface area contributed by atoms with Crippen molar-refractivity contribution in [3.05, 3.63) is 50.8 Å². The summed E-state index contributed by atoms with van der Waals surface area (Å²) in [6, 6.07) is 2.84. The van der Waals surface area contributed by atoms with Crippen LogP contribution in [-0.2, 0) is 0 Å². The number of hydrogen-bond donors (Lipinski definition) is 1. The molecule has 0 radical (unpaired) electrons. The van der Waals surface area contributed by atoms with E-state index < -0.39 is 0 Å². The number of aryl methyl sites for hydroxylation is 1. The first-order valence-electron chi connectivity index (χ1n) is 8.01. The summed E-state index contributed by atoms with van der Waals surface area (Å²) >= 11 is 6.26. The molecule has 1 N–H and O–H groups in total. The number of hydrogen-bond acceptors (Lipinski definition) is 4. The van der Waals surface area contributed by atoms with Gasteiger partial charge >= 0.3 is 0 Å². The van der Waals surface area contributed by atoms with E-state index in [-0.39, 0.29) is 11.6 Å². The highest BCUT2D eigenvalue weighted by Gasteiger charge is 2.19. The van der Waals surface area contributed by atoms with Crippen LogP contribution in [0.15, 0.2) is 33.5 Å². The predicted molar refractivity (Wildman–Crippen MR) is 103 cm³/mol. The maximum absolute atomic E-state index is 13.2. The van der Waals surface area contributed by atoms with Gasteiger partial charge in [0.15, 0.2) is 11.6 Å². The van der Waals surface area contributed by atoms with E-state index in [1.165, 1.54) is 31.6 Å². The lowest BCUT2D eigenvalue weighted by molar-refractivity contribution is 0.527. The van der Waals surface area contributed by atoms with Crippen molar-refractivity contribution in [2.75, 3.05) is 31.1 Å². The number of nitrogens with one attached hydrogen (secondary N) is 1. The highest BCUT2D eigenvalue weighted by molar-refractivity contribution is 9.10. The molecule has 0 saturated carbocycles. The molecule has 2 saturated heterocycles. The highest BCUT2D eigenvalue weighted by atomic mass is 79.9. The number of rotatable bonds is 1. The third-order valence-electron chi connectivity index (χ3n) is 3.64. The number of halogens is 4. The van der Waals surface area contributed by atoms with E-state index in [2.05, 4.69) is 47.1 Å². The number of nitrogens with zero attached hydrogens (tertiary/aromatic N) is 3. The molecule has 2 aromatic rings. The van der Waals surface area contributed by atoms with Crippen molar-refractivity contribution >= 4 is 37.7 Å². The summed E-state index contributed by atoms with van der Waals surface area (Å²) in [6.07, 6.45) is 5.71. The van der Waals surface area contributed by atoms with Crippen molar-refractivity contribution in [3.63, 3.8) is 0 Å². The number of pyridine rings is 2. The molecule has 0 aliphatic carbocycles. The Bertz CT molecular complexity index is 688. The van der Waals surface area contributed by atoms with Gasteiger partial charge in [-0.3, -0.25) is 4.98 Å². The Kier molecular flexibility index (Phi) is 8.18. The minimum atomic E-state index is -0.274. The molecule has 8 heteroatoms. The Morgan fingerprint density at radius 2 is 1.48 bits per heavy atom. The summed E-state index contributed by atoms with van der Waals surface area (Å²) < 4.78 is 27.0. The highest BCUT2D eigenvalue weighted by Crippen LogP contribution is 2.23. The molecule has 2 aliphatic rings. The van der Waals surface area contributed by atoms with Crippen LogP contribution in [0.5, 0.6) is 0 Å². The maximum Gasteiger partial charge on any atom is 0.166 e. The molecule has 0 unspecified atom stereocenters. The zero-order valence-corrected chi connectivity index (χ0v) is 17.1. The average Bonchev–Trinajstić information content (AvgIpc) is 2.43. The van der Waals surface area contributed by atoms with E-state index in [1.54, 1.807) is 19.3 Å². The molecule has 0 bridgehead atoms. The third kappa shape index (κ3) is 6.60. The van der Waals surface area contributed by atoms with E-state index in [9.17, 15) is 8.78 Å². The molecule has 4 heterocycles. The number of anilines is 1. The van der Waals surface area contributed by atoms with Crippen LogP contribution in [0.2, 0.25) is 0 Å². The molecular formula is C17H20Br2F2N4. The molecule has 4 rings (SSSR count). The summed E-state index contributed by atoms with van der Waals surface area (Å²) in [5.41, 5.74) is 0.429. The van der Waals surface area contributed by atoms with Crippen molar-refractivity contribution in [2.24, 2.45) is 0 Å². The average molecular weight is 478 g/mol. The SMILES string of the molecule is C1CNC1.Cc1ncc(Br)cc1F.Fc1cc(Br)cnc1N1CCC1. The molecule has 25 heavy (non-hydrogen) atoms. The summed E-state index contributed by atoms with van der Waals surface area (Å²) in [6.45, 7) is 5.97. The Morgan fingerprint density at radius 3 is 1.84 bits per heavy atom. The smallest absolute Gasteiger partial charge is 0.166 e. The second kappa shape index (κ2) is 10.1. The van der Waals surface area contributed by atoms with Gasteiger partial charge in [0.25, 0.3) is 0 Å². The van der Waals surface area contributed by atoms with E-state index in [4.69, 9.17) is 0 Å². The van der Waals surface area contributed by atoms with Gasteiger partial charge in [-0.25, -0.2) is 13.8 Å². The van der Waals surface area contributed by atoms with Gasteiger partial charge in [0.1, 0.15) is 5.82 Å². The lowest BCUT2D eigenvalue weighted by atomic mass is 10.2. The summed E-state index contributed by atoms with van der Waals surface area (Å²) in [4.78, 5) is 9.69. The summed E-state index contributed by atoms with van der Waals surface area (Å²) in [5.74, 6) is -0.0436. The molecule has 2 aromatic heterocycles. The zero-order valence-electron chi connectivity index (χ0n) is 13.9. The lowest BCUT2D eigenvalue weighted by Gasteiger charge is -2.32. The van der Waals surface area contributed by atoms with Crippen LogP contribution in [0, 0.1) is 18.6 Å². The van der Waals surface area contributed by atoms with E-state index in [0.29, 0.717) is 20.5 Å². The Hall–Kier alpha value is -1.12. The fourth-order valence-corrected chi connectivity index (χ4v) is 2.43. The Balaban J connectivity index is 0.000000152. The fourth-order valence-electron chi connectivity index (χ4n) is 1.83. The molecule has 0 spiro atoms. The minimum absolute atomic E-state index is 0.246. The van der Waals surface area contributed by atoms with E-state index in [0.717, 1.165) is 19.5 Å². The van der Waals surface area contributed by atoms with Crippen LogP contribution in [0.3, 0.4) is 0 Å². The summed E-state index contributed by atoms with van der Waals surface area (Å²) in [5, 5.41) is 3.11. The van der Waals surface area contributed by atoms with Gasteiger partial charge in [-0.1, -0.05) is 0 Å². The van der Waals surface area contributed by atoms with Crippen LogP contribution in [0.25, 0.3) is 0 Å². The van der Waals surface area contributed by atoms with Crippen molar-refractivity contribution in [1.82, 2.24) is 15.3 Å². The van der Waals surface area contributed by atoms with Gasteiger partial charge in [-0.05, 0) is 76.8 Å². The van der Waals surface area contributed by atoms with E-state index >= 15 is 0 Å². The fraction of sp³-hybridized carbons (Fsp3) is 0.412. The lowest BCUT2D eigenvalue weighted by Crippen LogP contribution is -2.38. The second-order valence-electron chi connectivity index (χ2n) is 5.62. The van der Waals surface area contributed by atoms with Gasteiger partial charge in [-0.2, -0.15) is 0 Å². The van der Waals surface area contributed by atoms with Crippen molar-refractivity contribution in [2.45, 2.75) is 19.8 Å². The Morgan fingerprint density at radius 1 is 0.960 bits per heavy atom. The first kappa shape index (κ1) is 20.2.